The first-order valence-corrected chi connectivity index (χ1v) is 12.2. The number of amidine groups is 1. The molecule has 0 bridgehead atoms. The van der Waals surface area contributed by atoms with Gasteiger partial charge in [-0.1, -0.05) is 17.8 Å². The smallest absolute Gasteiger partial charge is 0.238 e. The largest absolute Gasteiger partial charge is 0.497 e. The number of carbonyl (C=O) groups is 2. The molecule has 1 saturated heterocycles. The predicted molar refractivity (Wildman–Crippen MR) is 141 cm³/mol. The molecule has 3 aromatic carbocycles. The molecule has 8 nitrogen and oxygen atoms in total. The van der Waals surface area contributed by atoms with E-state index in [1.807, 2.05) is 6.07 Å². The molecule has 1 fully saturated rings. The molecule has 2 amide bonds. The fourth-order valence-electron chi connectivity index (χ4n) is 3.68. The van der Waals surface area contributed by atoms with Crippen molar-refractivity contribution < 1.29 is 28.2 Å². The molecular weight excluding hydrogens is 497 g/mol. The normalized spacial score (nSPS) is 16.4. The second kappa shape index (κ2) is 11.8. The molecule has 0 aromatic heterocycles. The monoisotopic (exact) mass is 523 g/mol. The summed E-state index contributed by atoms with van der Waals surface area (Å²) in [6.45, 7) is 0.230. The van der Waals surface area contributed by atoms with E-state index < -0.39 is 11.1 Å². The van der Waals surface area contributed by atoms with Gasteiger partial charge >= 0.3 is 0 Å². The van der Waals surface area contributed by atoms with E-state index in [1.165, 1.54) is 36.0 Å². The van der Waals surface area contributed by atoms with Gasteiger partial charge < -0.3 is 19.5 Å². The van der Waals surface area contributed by atoms with Gasteiger partial charge in [-0.15, -0.1) is 0 Å². The molecular formula is C27H26FN3O5S. The number of amides is 2. The fourth-order valence-corrected chi connectivity index (χ4v) is 4.78. The number of nitrogens with zero attached hydrogens (tertiary/aromatic N) is 2. The summed E-state index contributed by atoms with van der Waals surface area (Å²) in [5.74, 6) is 0.783. The van der Waals surface area contributed by atoms with Gasteiger partial charge in [-0.3, -0.25) is 14.5 Å². The summed E-state index contributed by atoms with van der Waals surface area (Å²) in [5, 5.41) is 2.42. The molecule has 1 aliphatic rings. The van der Waals surface area contributed by atoms with Crippen molar-refractivity contribution >= 4 is 40.1 Å². The van der Waals surface area contributed by atoms with Crippen molar-refractivity contribution in [3.05, 3.63) is 78.1 Å². The van der Waals surface area contributed by atoms with Crippen LogP contribution in [0, 0.1) is 5.82 Å². The third-order valence-corrected chi connectivity index (χ3v) is 6.82. The van der Waals surface area contributed by atoms with Gasteiger partial charge in [0.25, 0.3) is 0 Å². The molecule has 192 valence electrons. The number of thioether (sulfide) groups is 1. The minimum absolute atomic E-state index is 0.0212. The Labute approximate surface area is 218 Å². The SMILES string of the molecule is COc1ccc(N=C2S[C@H](C(=O)Nc3ccc(F)cc3)CC(=O)N2Cc2ccc(OC)c(OC)c2)cc1. The second-order valence-corrected chi connectivity index (χ2v) is 9.24. The van der Waals surface area contributed by atoms with Crippen LogP contribution in [-0.4, -0.2) is 48.5 Å². The average molecular weight is 524 g/mol. The van der Waals surface area contributed by atoms with Gasteiger partial charge in [-0.2, -0.15) is 0 Å². The van der Waals surface area contributed by atoms with Crippen LogP contribution < -0.4 is 19.5 Å². The van der Waals surface area contributed by atoms with E-state index in [1.54, 1.807) is 62.6 Å². The number of hydrogen-bond donors (Lipinski definition) is 1. The van der Waals surface area contributed by atoms with E-state index >= 15 is 0 Å². The quantitative estimate of drug-likeness (QED) is 0.446. The van der Waals surface area contributed by atoms with Crippen molar-refractivity contribution in [3.8, 4) is 17.2 Å². The number of ether oxygens (including phenoxy) is 3. The molecule has 0 unspecified atom stereocenters. The summed E-state index contributed by atoms with van der Waals surface area (Å²) in [6.07, 6.45) is -0.0212. The Hall–Kier alpha value is -4.05. The van der Waals surface area contributed by atoms with Gasteiger partial charge in [-0.25, -0.2) is 9.38 Å². The number of methoxy groups -OCH3 is 3. The zero-order chi connectivity index (χ0) is 26.4. The van der Waals surface area contributed by atoms with Crippen LogP contribution >= 0.6 is 11.8 Å². The number of rotatable bonds is 8. The lowest BCUT2D eigenvalue weighted by Gasteiger charge is -2.32. The third kappa shape index (κ3) is 6.39. The Morgan fingerprint density at radius 1 is 1.00 bits per heavy atom. The zero-order valence-corrected chi connectivity index (χ0v) is 21.4. The van der Waals surface area contributed by atoms with Crippen LogP contribution in [0.1, 0.15) is 12.0 Å². The van der Waals surface area contributed by atoms with Gasteiger partial charge in [0, 0.05) is 12.1 Å². The highest BCUT2D eigenvalue weighted by Crippen LogP contribution is 2.33. The molecule has 37 heavy (non-hydrogen) atoms. The standard InChI is InChI=1S/C27H26FN3O5S/c1-34-21-11-9-20(10-12-21)30-27-31(16-17-4-13-22(35-2)23(14-17)36-3)25(32)15-24(37-27)26(33)29-19-7-5-18(28)6-8-19/h4-14,24H,15-16H2,1-3H3,(H,29,33)/t24-/m0/s1. The highest BCUT2D eigenvalue weighted by Gasteiger charge is 2.36. The molecule has 10 heteroatoms. The number of benzene rings is 3. The highest BCUT2D eigenvalue weighted by atomic mass is 32.2. The predicted octanol–water partition coefficient (Wildman–Crippen LogP) is 5.01. The van der Waals surface area contributed by atoms with Crippen molar-refractivity contribution in [1.82, 2.24) is 4.90 Å². The van der Waals surface area contributed by atoms with Crippen LogP contribution in [0.2, 0.25) is 0 Å². The number of aliphatic imine (C=N–C) groups is 1. The molecule has 1 heterocycles. The third-order valence-electron chi connectivity index (χ3n) is 5.63. The number of carbonyl (C=O) groups excluding carboxylic acids is 2. The Balaban J connectivity index is 1.61. The lowest BCUT2D eigenvalue weighted by atomic mass is 10.1. The fraction of sp³-hybridized carbons (Fsp3) is 0.222. The lowest BCUT2D eigenvalue weighted by molar-refractivity contribution is -0.129. The molecule has 3 aromatic rings. The topological polar surface area (TPSA) is 89.5 Å². The van der Waals surface area contributed by atoms with Gasteiger partial charge in [0.2, 0.25) is 11.8 Å². The van der Waals surface area contributed by atoms with Gasteiger partial charge in [0.15, 0.2) is 16.7 Å². The lowest BCUT2D eigenvalue weighted by Crippen LogP contribution is -2.44. The minimum atomic E-state index is -0.712. The van der Waals surface area contributed by atoms with Crippen LogP contribution in [0.25, 0.3) is 0 Å². The van der Waals surface area contributed by atoms with E-state index in [0.717, 1.165) is 5.56 Å². The second-order valence-electron chi connectivity index (χ2n) is 8.07. The van der Waals surface area contributed by atoms with Crippen molar-refractivity contribution in [2.24, 2.45) is 4.99 Å². The van der Waals surface area contributed by atoms with E-state index in [4.69, 9.17) is 19.2 Å². The summed E-state index contributed by atoms with van der Waals surface area (Å²) in [5.41, 5.74) is 1.86. The Morgan fingerprint density at radius 2 is 1.70 bits per heavy atom. The molecule has 1 N–H and O–H groups in total. The average Bonchev–Trinajstić information content (AvgIpc) is 2.92. The molecule has 0 radical (unpaired) electrons. The molecule has 0 spiro atoms. The number of hydrogen-bond acceptors (Lipinski definition) is 7. The van der Waals surface area contributed by atoms with Crippen molar-refractivity contribution in [1.29, 1.82) is 0 Å². The van der Waals surface area contributed by atoms with Crippen LogP contribution in [0.4, 0.5) is 15.8 Å². The maximum absolute atomic E-state index is 13.3. The van der Waals surface area contributed by atoms with E-state index in [0.29, 0.717) is 33.8 Å². The Kier molecular flexibility index (Phi) is 8.29. The van der Waals surface area contributed by atoms with Gasteiger partial charge in [0.05, 0.1) is 33.6 Å². The summed E-state index contributed by atoms with van der Waals surface area (Å²) in [7, 11) is 4.68. The van der Waals surface area contributed by atoms with Crippen molar-refractivity contribution in [2.45, 2.75) is 18.2 Å². The van der Waals surface area contributed by atoms with Crippen molar-refractivity contribution in [3.63, 3.8) is 0 Å². The number of nitrogens with one attached hydrogen (secondary N) is 1. The highest BCUT2D eigenvalue weighted by molar-refractivity contribution is 8.15. The van der Waals surface area contributed by atoms with Crippen molar-refractivity contribution in [2.75, 3.05) is 26.6 Å². The first-order valence-electron chi connectivity index (χ1n) is 11.4. The molecule has 1 atom stereocenters. The summed E-state index contributed by atoms with van der Waals surface area (Å²) < 4.78 is 29.2. The van der Waals surface area contributed by atoms with Crippen LogP contribution in [0.15, 0.2) is 71.7 Å². The molecule has 0 aliphatic carbocycles. The maximum Gasteiger partial charge on any atom is 0.238 e. The van der Waals surface area contributed by atoms with Gasteiger partial charge in [0.1, 0.15) is 16.8 Å². The summed E-state index contributed by atoms with van der Waals surface area (Å²) in [6, 6.07) is 18.0. The van der Waals surface area contributed by atoms with Crippen LogP contribution in [0.5, 0.6) is 17.2 Å². The van der Waals surface area contributed by atoms with Crippen LogP contribution in [0.3, 0.4) is 0 Å². The van der Waals surface area contributed by atoms with E-state index in [-0.39, 0.29) is 24.8 Å². The molecule has 1 aliphatic heterocycles. The molecule has 0 saturated carbocycles. The Morgan fingerprint density at radius 3 is 2.35 bits per heavy atom. The Bertz CT molecular complexity index is 1300. The maximum atomic E-state index is 13.3. The first kappa shape index (κ1) is 26.0. The number of anilines is 1. The zero-order valence-electron chi connectivity index (χ0n) is 20.6. The summed E-state index contributed by atoms with van der Waals surface area (Å²) >= 11 is 1.20. The number of halogens is 1. The van der Waals surface area contributed by atoms with Gasteiger partial charge in [-0.05, 0) is 66.2 Å². The van der Waals surface area contributed by atoms with Crippen LogP contribution in [-0.2, 0) is 16.1 Å². The van der Waals surface area contributed by atoms with E-state index in [9.17, 15) is 14.0 Å². The summed E-state index contributed by atoms with van der Waals surface area (Å²) in [4.78, 5) is 32.6. The molecule has 4 rings (SSSR count). The minimum Gasteiger partial charge on any atom is -0.497 e. The first-order chi connectivity index (χ1) is 17.9. The van der Waals surface area contributed by atoms with E-state index in [2.05, 4.69) is 5.32 Å².